The Labute approximate surface area is 317 Å². The lowest BCUT2D eigenvalue weighted by Crippen LogP contribution is -2.48. The molecule has 4 nitrogen and oxygen atoms in total. The normalized spacial score (nSPS) is 21.1. The first-order valence-electron chi connectivity index (χ1n) is 19.3. The van der Waals surface area contributed by atoms with Crippen LogP contribution in [0, 0.1) is 29.1 Å². The first kappa shape index (κ1) is 32.5. The monoisotopic (exact) mass is 696 g/mol. The van der Waals surface area contributed by atoms with Crippen molar-refractivity contribution >= 4 is 0 Å². The van der Waals surface area contributed by atoms with Crippen LogP contribution in [-0.4, -0.2) is 15.0 Å². The predicted octanol–water partition coefficient (Wildman–Crippen LogP) is 12.2. The zero-order chi connectivity index (χ0) is 36.1. The van der Waals surface area contributed by atoms with E-state index in [2.05, 4.69) is 109 Å². The summed E-state index contributed by atoms with van der Waals surface area (Å²) in [5.74, 6) is 4.66. The molecule has 0 unspecified atom stereocenters. The molecule has 1 aromatic heterocycles. The van der Waals surface area contributed by atoms with E-state index in [-0.39, 0.29) is 0 Å². The largest absolute Gasteiger partial charge is 0.208 e. The molecule has 1 heterocycles. The van der Waals surface area contributed by atoms with Crippen LogP contribution < -0.4 is 0 Å². The van der Waals surface area contributed by atoms with E-state index in [0.717, 1.165) is 62.3 Å². The maximum Gasteiger partial charge on any atom is 0.164 e. The van der Waals surface area contributed by atoms with E-state index in [4.69, 9.17) is 15.0 Å². The molecule has 54 heavy (non-hydrogen) atoms. The Morgan fingerprint density at radius 3 is 1.52 bits per heavy atom. The predicted molar refractivity (Wildman–Crippen MR) is 217 cm³/mol. The number of hydrogen-bond donors (Lipinski definition) is 0. The van der Waals surface area contributed by atoms with Gasteiger partial charge in [-0.3, -0.25) is 0 Å². The lowest BCUT2D eigenvalue weighted by atomic mass is 9.48. The molecule has 4 aliphatic rings. The van der Waals surface area contributed by atoms with E-state index in [1.807, 2.05) is 48.5 Å². The van der Waals surface area contributed by atoms with Crippen molar-refractivity contribution in [2.24, 2.45) is 17.8 Å². The molecule has 0 saturated heterocycles. The fourth-order valence-corrected chi connectivity index (χ4v) is 10.2. The van der Waals surface area contributed by atoms with Crippen LogP contribution in [0.15, 0.2) is 152 Å². The third-order valence-corrected chi connectivity index (χ3v) is 12.4. The van der Waals surface area contributed by atoms with Crippen LogP contribution in [-0.2, 0) is 5.41 Å². The number of hydrogen-bond acceptors (Lipinski definition) is 4. The molecule has 4 saturated carbocycles. The molecule has 0 aliphatic heterocycles. The van der Waals surface area contributed by atoms with Crippen LogP contribution in [0.5, 0.6) is 0 Å². The Morgan fingerprint density at radius 1 is 0.426 bits per heavy atom. The van der Waals surface area contributed by atoms with Crippen molar-refractivity contribution in [2.45, 2.75) is 43.9 Å². The molecule has 4 fully saturated rings. The van der Waals surface area contributed by atoms with Crippen LogP contribution in [0.2, 0.25) is 0 Å². The molecule has 260 valence electrons. The standard InChI is InChI=1S/C50H40N4/c51-32-33-15-17-37(18-16-33)41-21-24-45(46(28-41)38-9-3-1-4-10-38)49-53-47(40-11-5-2-6-12-40)52-48(54-49)44-14-8-7-13-43(44)39-19-22-42(23-20-39)50-29-34-25-35(30-50)27-36(26-34)31-50/h1-24,28,34-36H,25-27,29-31H2/t34-,35+,36-,50?. The summed E-state index contributed by atoms with van der Waals surface area (Å²) in [6.07, 6.45) is 8.46. The van der Waals surface area contributed by atoms with Crippen molar-refractivity contribution in [3.05, 3.63) is 163 Å². The average Bonchev–Trinajstić information content (AvgIpc) is 3.23. The highest BCUT2D eigenvalue weighted by Gasteiger charge is 2.51. The number of nitrogens with zero attached hydrogens (tertiary/aromatic N) is 4. The molecule has 0 amide bonds. The van der Waals surface area contributed by atoms with Crippen molar-refractivity contribution in [1.29, 1.82) is 5.26 Å². The summed E-state index contributed by atoms with van der Waals surface area (Å²) in [7, 11) is 0. The lowest BCUT2D eigenvalue weighted by Gasteiger charge is -2.57. The maximum absolute atomic E-state index is 9.37. The van der Waals surface area contributed by atoms with Gasteiger partial charge in [0.25, 0.3) is 0 Å². The van der Waals surface area contributed by atoms with E-state index >= 15 is 0 Å². The second-order valence-corrected chi connectivity index (χ2v) is 15.8. The highest BCUT2D eigenvalue weighted by Crippen LogP contribution is 2.60. The number of aromatic nitrogens is 3. The molecule has 4 heteroatoms. The van der Waals surface area contributed by atoms with Gasteiger partial charge in [0, 0.05) is 16.7 Å². The number of nitriles is 1. The molecule has 6 aromatic carbocycles. The van der Waals surface area contributed by atoms with Crippen molar-refractivity contribution in [3.63, 3.8) is 0 Å². The van der Waals surface area contributed by atoms with E-state index in [0.29, 0.717) is 28.5 Å². The fraction of sp³-hybridized carbons (Fsp3) is 0.200. The summed E-state index contributed by atoms with van der Waals surface area (Å²) < 4.78 is 0. The molecular formula is C50H40N4. The van der Waals surface area contributed by atoms with Crippen molar-refractivity contribution < 1.29 is 0 Å². The second-order valence-electron chi connectivity index (χ2n) is 15.8. The summed E-state index contributed by atoms with van der Waals surface area (Å²) in [4.78, 5) is 15.6. The van der Waals surface area contributed by atoms with E-state index in [1.54, 1.807) is 0 Å². The number of benzene rings is 6. The minimum Gasteiger partial charge on any atom is -0.208 e. The Bertz CT molecular complexity index is 2480. The van der Waals surface area contributed by atoms with Crippen LogP contribution in [0.4, 0.5) is 0 Å². The van der Waals surface area contributed by atoms with E-state index < -0.39 is 0 Å². The fourth-order valence-electron chi connectivity index (χ4n) is 10.2. The zero-order valence-electron chi connectivity index (χ0n) is 30.2. The van der Waals surface area contributed by atoms with Crippen LogP contribution in [0.1, 0.15) is 49.7 Å². The van der Waals surface area contributed by atoms with Gasteiger partial charge in [-0.05, 0) is 125 Å². The molecule has 4 aliphatic carbocycles. The van der Waals surface area contributed by atoms with E-state index in [1.165, 1.54) is 49.7 Å². The summed E-state index contributed by atoms with van der Waals surface area (Å²) in [6.45, 7) is 0. The smallest absolute Gasteiger partial charge is 0.164 e. The third kappa shape index (κ3) is 5.91. The van der Waals surface area contributed by atoms with Gasteiger partial charge < -0.3 is 0 Å². The minimum atomic E-state index is 0.368. The highest BCUT2D eigenvalue weighted by molar-refractivity contribution is 5.87. The minimum absolute atomic E-state index is 0.368. The molecule has 7 aromatic rings. The quantitative estimate of drug-likeness (QED) is 0.166. The molecule has 4 bridgehead atoms. The summed E-state index contributed by atoms with van der Waals surface area (Å²) in [5, 5.41) is 9.37. The molecule has 0 radical (unpaired) electrons. The van der Waals surface area contributed by atoms with Gasteiger partial charge in [0.15, 0.2) is 17.5 Å². The van der Waals surface area contributed by atoms with Gasteiger partial charge in [0.1, 0.15) is 0 Å². The van der Waals surface area contributed by atoms with Crippen LogP contribution in [0.25, 0.3) is 67.5 Å². The highest BCUT2D eigenvalue weighted by atomic mass is 15.0. The molecule has 0 N–H and O–H groups in total. The first-order chi connectivity index (χ1) is 26.6. The average molecular weight is 697 g/mol. The Kier molecular flexibility index (Phi) is 8.02. The third-order valence-electron chi connectivity index (χ3n) is 12.4. The first-order valence-corrected chi connectivity index (χ1v) is 19.3. The van der Waals surface area contributed by atoms with E-state index in [9.17, 15) is 5.26 Å². The second kappa shape index (κ2) is 13.3. The molecule has 11 rings (SSSR count). The van der Waals surface area contributed by atoms with Gasteiger partial charge >= 0.3 is 0 Å². The van der Waals surface area contributed by atoms with Gasteiger partial charge in [0.05, 0.1) is 11.6 Å². The summed E-state index contributed by atoms with van der Waals surface area (Å²) in [5.41, 5.74) is 11.9. The summed E-state index contributed by atoms with van der Waals surface area (Å²) in [6, 6.07) is 55.1. The lowest BCUT2D eigenvalue weighted by molar-refractivity contribution is -0.00518. The Morgan fingerprint density at radius 2 is 0.907 bits per heavy atom. The van der Waals surface area contributed by atoms with Gasteiger partial charge in [-0.15, -0.1) is 0 Å². The van der Waals surface area contributed by atoms with Crippen molar-refractivity contribution in [3.8, 4) is 73.6 Å². The zero-order valence-corrected chi connectivity index (χ0v) is 30.2. The number of rotatable bonds is 7. The topological polar surface area (TPSA) is 62.5 Å². The molecule has 0 spiro atoms. The summed E-state index contributed by atoms with van der Waals surface area (Å²) >= 11 is 0. The maximum atomic E-state index is 9.37. The van der Waals surface area contributed by atoms with Gasteiger partial charge in [-0.2, -0.15) is 5.26 Å². The van der Waals surface area contributed by atoms with Crippen molar-refractivity contribution in [1.82, 2.24) is 15.0 Å². The van der Waals surface area contributed by atoms with Gasteiger partial charge in [0.2, 0.25) is 0 Å². The Hall–Kier alpha value is -6.18. The SMILES string of the molecule is N#Cc1ccc(-c2ccc(-c3nc(-c4ccccc4)nc(-c4ccccc4-c4ccc(C56C[C@H]7C[C@@H](C5)C[C@@H](C6)C7)cc4)n3)c(-c3ccccc3)c2)cc1. The molecule has 0 atom stereocenters. The van der Waals surface area contributed by atoms with Crippen LogP contribution >= 0.6 is 0 Å². The molecular weight excluding hydrogens is 657 g/mol. The van der Waals surface area contributed by atoms with Gasteiger partial charge in [-0.1, -0.05) is 127 Å². The van der Waals surface area contributed by atoms with Crippen LogP contribution in [0.3, 0.4) is 0 Å². The van der Waals surface area contributed by atoms with Crippen molar-refractivity contribution in [2.75, 3.05) is 0 Å². The van der Waals surface area contributed by atoms with Gasteiger partial charge in [-0.25, -0.2) is 15.0 Å². The Balaban J connectivity index is 1.09.